The molecule has 0 spiro atoms. The summed E-state index contributed by atoms with van der Waals surface area (Å²) in [4.78, 5) is 14.6. The monoisotopic (exact) mass is 363 g/mol. The molecule has 0 radical (unpaired) electrons. The van der Waals surface area contributed by atoms with Gasteiger partial charge in [-0.25, -0.2) is 0 Å². The summed E-state index contributed by atoms with van der Waals surface area (Å²) in [7, 11) is 0. The van der Waals surface area contributed by atoms with Gasteiger partial charge < -0.3 is 14.8 Å². The zero-order valence-electron chi connectivity index (χ0n) is 12.9. The lowest BCUT2D eigenvalue weighted by atomic mass is 10.0. The number of hydrogen-bond acceptors (Lipinski definition) is 2. The van der Waals surface area contributed by atoms with E-state index in [1.165, 1.54) is 0 Å². The molecular formula is C18H15Cl2NO3. The molecule has 0 unspecified atom stereocenters. The van der Waals surface area contributed by atoms with Gasteiger partial charge in [0.2, 0.25) is 0 Å². The second-order valence-electron chi connectivity index (χ2n) is 5.29. The third kappa shape index (κ3) is 3.07. The molecule has 0 fully saturated rings. The molecule has 1 aromatic heterocycles. The van der Waals surface area contributed by atoms with Gasteiger partial charge in [-0.15, -0.1) is 0 Å². The number of rotatable bonds is 5. The minimum Gasteiger partial charge on any atom is -0.493 e. The highest BCUT2D eigenvalue weighted by Crippen LogP contribution is 2.39. The number of benzene rings is 2. The van der Waals surface area contributed by atoms with Gasteiger partial charge in [-0.05, 0) is 36.8 Å². The summed E-state index contributed by atoms with van der Waals surface area (Å²) in [6, 6.07) is 10.8. The van der Waals surface area contributed by atoms with Gasteiger partial charge >= 0.3 is 5.97 Å². The number of halogens is 2. The van der Waals surface area contributed by atoms with Crippen LogP contribution in [0.15, 0.2) is 36.4 Å². The molecule has 24 heavy (non-hydrogen) atoms. The van der Waals surface area contributed by atoms with E-state index < -0.39 is 5.97 Å². The Balaban J connectivity index is 2.31. The third-order valence-electron chi connectivity index (χ3n) is 3.70. The fourth-order valence-corrected chi connectivity index (χ4v) is 3.43. The van der Waals surface area contributed by atoms with E-state index in [9.17, 15) is 9.90 Å². The molecule has 0 aliphatic carbocycles. The largest absolute Gasteiger partial charge is 0.493 e. The lowest BCUT2D eigenvalue weighted by Crippen LogP contribution is -2.02. The minimum atomic E-state index is -0.933. The summed E-state index contributed by atoms with van der Waals surface area (Å²) in [5.41, 5.74) is 2.79. The maximum atomic E-state index is 11.4. The van der Waals surface area contributed by atoms with Crippen LogP contribution in [0, 0.1) is 0 Å². The second kappa shape index (κ2) is 6.75. The highest BCUT2D eigenvalue weighted by atomic mass is 35.5. The highest BCUT2D eigenvalue weighted by molar-refractivity contribution is 6.39. The van der Waals surface area contributed by atoms with Gasteiger partial charge in [0.1, 0.15) is 5.75 Å². The van der Waals surface area contributed by atoms with Crippen molar-refractivity contribution in [3.63, 3.8) is 0 Å². The van der Waals surface area contributed by atoms with Crippen molar-refractivity contribution in [2.45, 2.75) is 13.3 Å². The average Bonchev–Trinajstić information content (AvgIpc) is 2.86. The van der Waals surface area contributed by atoms with Crippen LogP contribution in [0.25, 0.3) is 22.2 Å². The number of para-hydroxylation sites is 1. The van der Waals surface area contributed by atoms with Gasteiger partial charge in [-0.3, -0.25) is 4.79 Å². The van der Waals surface area contributed by atoms with E-state index in [1.807, 2.05) is 31.2 Å². The van der Waals surface area contributed by atoms with Crippen molar-refractivity contribution in [3.8, 4) is 17.0 Å². The lowest BCUT2D eigenvalue weighted by molar-refractivity contribution is -0.136. The van der Waals surface area contributed by atoms with Gasteiger partial charge in [0.05, 0.1) is 23.7 Å². The maximum absolute atomic E-state index is 11.4. The zero-order valence-corrected chi connectivity index (χ0v) is 14.4. The van der Waals surface area contributed by atoms with Gasteiger partial charge in [0.15, 0.2) is 0 Å². The maximum Gasteiger partial charge on any atom is 0.307 e. The van der Waals surface area contributed by atoms with Crippen molar-refractivity contribution >= 4 is 40.1 Å². The number of H-pyrrole nitrogens is 1. The number of nitrogens with one attached hydrogen (secondary N) is 1. The summed E-state index contributed by atoms with van der Waals surface area (Å²) < 4.78 is 5.67. The van der Waals surface area contributed by atoms with Crippen molar-refractivity contribution < 1.29 is 14.6 Å². The quantitative estimate of drug-likeness (QED) is 0.657. The number of aliphatic carboxylic acids is 1. The summed E-state index contributed by atoms with van der Waals surface area (Å²) in [6.45, 7) is 2.41. The molecule has 0 saturated carbocycles. The van der Waals surface area contributed by atoms with Gasteiger partial charge in [-0.2, -0.15) is 0 Å². The van der Waals surface area contributed by atoms with Crippen molar-refractivity contribution in [2.75, 3.05) is 6.61 Å². The third-order valence-corrected chi connectivity index (χ3v) is 4.22. The Kier molecular flexibility index (Phi) is 4.69. The molecule has 0 bridgehead atoms. The molecule has 0 aliphatic rings. The van der Waals surface area contributed by atoms with Crippen LogP contribution >= 0.6 is 23.2 Å². The predicted octanol–water partition coefficient (Wildman–Crippen LogP) is 5.17. The molecule has 0 atom stereocenters. The zero-order chi connectivity index (χ0) is 17.3. The van der Waals surface area contributed by atoms with Crippen LogP contribution < -0.4 is 4.74 Å². The molecule has 124 valence electrons. The normalized spacial score (nSPS) is 11.0. The number of carboxylic acids is 1. The van der Waals surface area contributed by atoms with Gasteiger partial charge in [-0.1, -0.05) is 35.3 Å². The Morgan fingerprint density at radius 3 is 2.71 bits per heavy atom. The molecule has 0 amide bonds. The first kappa shape index (κ1) is 16.7. The van der Waals surface area contributed by atoms with E-state index in [-0.39, 0.29) is 6.42 Å². The summed E-state index contributed by atoms with van der Waals surface area (Å²) >= 11 is 12.4. The van der Waals surface area contributed by atoms with E-state index in [2.05, 4.69) is 4.98 Å². The Morgan fingerprint density at radius 1 is 1.25 bits per heavy atom. The molecule has 2 aromatic carbocycles. The van der Waals surface area contributed by atoms with Crippen molar-refractivity contribution in [3.05, 3.63) is 52.0 Å². The van der Waals surface area contributed by atoms with E-state index in [1.54, 1.807) is 12.1 Å². The Bertz CT molecular complexity index is 918. The fourth-order valence-electron chi connectivity index (χ4n) is 2.83. The molecule has 3 aromatic rings. The SMILES string of the molecule is CCOc1ccccc1-c1[nH]c2cc(Cl)cc(Cl)c2c1CC(=O)O. The molecule has 0 aliphatic heterocycles. The first-order valence-corrected chi connectivity index (χ1v) is 8.20. The molecule has 2 N–H and O–H groups in total. The Hall–Kier alpha value is -2.17. The number of carboxylic acid groups (broad SMARTS) is 1. The number of ether oxygens (including phenoxy) is 1. The van der Waals surface area contributed by atoms with Gasteiger partial charge in [0, 0.05) is 21.5 Å². The first-order chi connectivity index (χ1) is 11.5. The van der Waals surface area contributed by atoms with E-state index >= 15 is 0 Å². The van der Waals surface area contributed by atoms with Crippen LogP contribution in [0.2, 0.25) is 10.0 Å². The standard InChI is InChI=1S/C18H15Cl2NO3/c1-2-24-15-6-4-3-5-11(15)18-12(9-16(22)23)17-13(20)7-10(19)8-14(17)21-18/h3-8,21H,2,9H2,1H3,(H,22,23). The van der Waals surface area contributed by atoms with Crippen molar-refractivity contribution in [1.82, 2.24) is 4.98 Å². The van der Waals surface area contributed by atoms with Crippen LogP contribution in [0.5, 0.6) is 5.75 Å². The average molecular weight is 364 g/mol. The molecule has 3 rings (SSSR count). The molecule has 0 saturated heterocycles. The van der Waals surface area contributed by atoms with E-state index in [0.29, 0.717) is 44.6 Å². The number of fused-ring (bicyclic) bond motifs is 1. The second-order valence-corrected chi connectivity index (χ2v) is 6.13. The van der Waals surface area contributed by atoms with Crippen molar-refractivity contribution in [1.29, 1.82) is 0 Å². The topological polar surface area (TPSA) is 62.3 Å². The molecule has 6 heteroatoms. The summed E-state index contributed by atoms with van der Waals surface area (Å²) in [5.74, 6) is -0.252. The number of aromatic amines is 1. The van der Waals surface area contributed by atoms with Crippen LogP contribution in [0.1, 0.15) is 12.5 Å². The van der Waals surface area contributed by atoms with E-state index in [0.717, 1.165) is 5.56 Å². The fraction of sp³-hybridized carbons (Fsp3) is 0.167. The van der Waals surface area contributed by atoms with Crippen LogP contribution in [-0.2, 0) is 11.2 Å². The number of hydrogen-bond donors (Lipinski definition) is 2. The van der Waals surface area contributed by atoms with Crippen molar-refractivity contribution in [2.24, 2.45) is 0 Å². The summed E-state index contributed by atoms with van der Waals surface area (Å²) in [6.07, 6.45) is -0.156. The van der Waals surface area contributed by atoms with Crippen LogP contribution in [0.3, 0.4) is 0 Å². The van der Waals surface area contributed by atoms with E-state index in [4.69, 9.17) is 27.9 Å². The summed E-state index contributed by atoms with van der Waals surface area (Å²) in [5, 5.41) is 10.9. The number of carbonyl (C=O) groups is 1. The molecule has 1 heterocycles. The molecule has 4 nitrogen and oxygen atoms in total. The number of aromatic nitrogens is 1. The smallest absolute Gasteiger partial charge is 0.307 e. The minimum absolute atomic E-state index is 0.156. The van der Waals surface area contributed by atoms with Crippen LogP contribution in [-0.4, -0.2) is 22.7 Å². The van der Waals surface area contributed by atoms with Gasteiger partial charge in [0.25, 0.3) is 0 Å². The Morgan fingerprint density at radius 2 is 2.00 bits per heavy atom. The first-order valence-electron chi connectivity index (χ1n) is 7.44. The lowest BCUT2D eigenvalue weighted by Gasteiger charge is -2.10. The highest BCUT2D eigenvalue weighted by Gasteiger charge is 2.20. The molecular weight excluding hydrogens is 349 g/mol. The predicted molar refractivity (Wildman–Crippen MR) is 96.3 cm³/mol. The van der Waals surface area contributed by atoms with Crippen LogP contribution in [0.4, 0.5) is 0 Å². The Labute approximate surface area is 149 Å².